The molecule has 1 fully saturated rings. The van der Waals surface area contributed by atoms with Crippen LogP contribution in [0.1, 0.15) is 18.4 Å². The van der Waals surface area contributed by atoms with Gasteiger partial charge in [-0.2, -0.15) is 0 Å². The van der Waals surface area contributed by atoms with Crippen LogP contribution >= 0.6 is 15.9 Å². The highest BCUT2D eigenvalue weighted by molar-refractivity contribution is 9.10. The topological polar surface area (TPSA) is 44.7 Å². The van der Waals surface area contributed by atoms with Crippen molar-refractivity contribution < 1.29 is 9.84 Å². The molecule has 1 heterocycles. The summed E-state index contributed by atoms with van der Waals surface area (Å²) in [6.45, 7) is 3.67. The van der Waals surface area contributed by atoms with Crippen molar-refractivity contribution in [2.75, 3.05) is 38.3 Å². The zero-order valence-electron chi connectivity index (χ0n) is 11.9. The van der Waals surface area contributed by atoms with Crippen molar-refractivity contribution in [2.45, 2.75) is 25.4 Å². The van der Waals surface area contributed by atoms with Gasteiger partial charge in [-0.1, -0.05) is 6.07 Å². The van der Waals surface area contributed by atoms with Gasteiger partial charge in [-0.3, -0.25) is 0 Å². The summed E-state index contributed by atoms with van der Waals surface area (Å²) in [6, 6.07) is 6.71. The van der Waals surface area contributed by atoms with E-state index in [-0.39, 0.29) is 12.6 Å². The van der Waals surface area contributed by atoms with E-state index in [0.29, 0.717) is 0 Å². The first kappa shape index (κ1) is 15.8. The molecule has 0 bridgehead atoms. The highest BCUT2D eigenvalue weighted by atomic mass is 79.9. The first-order chi connectivity index (χ1) is 9.76. The Balaban J connectivity index is 1.98. The molecule has 1 unspecified atom stereocenters. The molecule has 0 saturated carbocycles. The number of hydrogen-bond acceptors (Lipinski definition) is 4. The predicted octanol–water partition coefficient (Wildman–Crippen LogP) is 2.15. The minimum absolute atomic E-state index is 0.229. The van der Waals surface area contributed by atoms with Crippen LogP contribution in [0.3, 0.4) is 0 Å². The van der Waals surface area contributed by atoms with Gasteiger partial charge in [0.2, 0.25) is 0 Å². The second-order valence-electron chi connectivity index (χ2n) is 5.13. The number of aliphatic hydroxyl groups is 1. The Bertz CT molecular complexity index is 428. The SMILES string of the molecule is COCCNCc1ccc(N2CCCC2CO)c(Br)c1. The second kappa shape index (κ2) is 7.98. The zero-order valence-corrected chi connectivity index (χ0v) is 13.5. The number of benzene rings is 1. The third-order valence-corrected chi connectivity index (χ3v) is 4.36. The maximum absolute atomic E-state index is 9.43. The summed E-state index contributed by atoms with van der Waals surface area (Å²) in [7, 11) is 1.71. The molecule has 0 aliphatic carbocycles. The Morgan fingerprint density at radius 2 is 2.35 bits per heavy atom. The van der Waals surface area contributed by atoms with Gasteiger partial charge in [-0.25, -0.2) is 0 Å². The van der Waals surface area contributed by atoms with Crippen LogP contribution in [0.5, 0.6) is 0 Å². The molecule has 1 aliphatic rings. The number of nitrogens with one attached hydrogen (secondary N) is 1. The van der Waals surface area contributed by atoms with Crippen LogP contribution in [-0.4, -0.2) is 44.6 Å². The Hall–Kier alpha value is -0.620. The van der Waals surface area contributed by atoms with Crippen molar-refractivity contribution in [1.82, 2.24) is 5.32 Å². The molecule has 5 heteroatoms. The minimum Gasteiger partial charge on any atom is -0.394 e. The quantitative estimate of drug-likeness (QED) is 0.745. The molecule has 0 spiro atoms. The van der Waals surface area contributed by atoms with Crippen molar-refractivity contribution in [1.29, 1.82) is 0 Å². The third-order valence-electron chi connectivity index (χ3n) is 3.72. The summed E-state index contributed by atoms with van der Waals surface area (Å²) in [5.41, 5.74) is 2.43. The van der Waals surface area contributed by atoms with Gasteiger partial charge in [-0.05, 0) is 46.5 Å². The average Bonchev–Trinajstić information content (AvgIpc) is 2.92. The number of methoxy groups -OCH3 is 1. The second-order valence-corrected chi connectivity index (χ2v) is 5.98. The summed E-state index contributed by atoms with van der Waals surface area (Å²) in [5.74, 6) is 0. The van der Waals surface area contributed by atoms with E-state index >= 15 is 0 Å². The lowest BCUT2D eigenvalue weighted by molar-refractivity contribution is 0.199. The van der Waals surface area contributed by atoms with Gasteiger partial charge < -0.3 is 20.1 Å². The van der Waals surface area contributed by atoms with E-state index in [2.05, 4.69) is 44.3 Å². The summed E-state index contributed by atoms with van der Waals surface area (Å²) in [4.78, 5) is 2.30. The van der Waals surface area contributed by atoms with Crippen LogP contribution in [-0.2, 0) is 11.3 Å². The molecule has 112 valence electrons. The fraction of sp³-hybridized carbons (Fsp3) is 0.600. The maximum atomic E-state index is 9.43. The normalized spacial score (nSPS) is 18.8. The van der Waals surface area contributed by atoms with Crippen LogP contribution < -0.4 is 10.2 Å². The standard InChI is InChI=1S/C15H23BrN2O2/c1-20-8-6-17-10-12-4-5-15(14(16)9-12)18-7-2-3-13(18)11-19/h4-5,9,13,17,19H,2-3,6-8,10-11H2,1H3. The van der Waals surface area contributed by atoms with E-state index in [9.17, 15) is 5.11 Å². The molecule has 1 atom stereocenters. The van der Waals surface area contributed by atoms with Gasteiger partial charge in [0.25, 0.3) is 0 Å². The zero-order chi connectivity index (χ0) is 14.4. The molecule has 0 radical (unpaired) electrons. The van der Waals surface area contributed by atoms with Gasteiger partial charge in [0.05, 0.1) is 24.9 Å². The lowest BCUT2D eigenvalue weighted by Gasteiger charge is -2.26. The molecule has 0 amide bonds. The van der Waals surface area contributed by atoms with E-state index in [4.69, 9.17) is 4.74 Å². The number of anilines is 1. The maximum Gasteiger partial charge on any atom is 0.0635 e. The molecule has 0 aromatic heterocycles. The van der Waals surface area contributed by atoms with Crippen molar-refractivity contribution in [3.8, 4) is 0 Å². The molecule has 2 N–H and O–H groups in total. The largest absolute Gasteiger partial charge is 0.394 e. The number of halogens is 1. The number of ether oxygens (including phenoxy) is 1. The number of rotatable bonds is 7. The van der Waals surface area contributed by atoms with E-state index < -0.39 is 0 Å². The summed E-state index contributed by atoms with van der Waals surface area (Å²) >= 11 is 3.66. The molecule has 1 aliphatic heterocycles. The lowest BCUT2D eigenvalue weighted by atomic mass is 10.1. The molecule has 1 aromatic rings. The van der Waals surface area contributed by atoms with Gasteiger partial charge in [0.1, 0.15) is 0 Å². The van der Waals surface area contributed by atoms with E-state index in [1.807, 2.05) is 0 Å². The molecule has 4 nitrogen and oxygen atoms in total. The summed E-state index contributed by atoms with van der Waals surface area (Å²) < 4.78 is 6.11. The third kappa shape index (κ3) is 3.95. The van der Waals surface area contributed by atoms with Crippen LogP contribution in [0.15, 0.2) is 22.7 Å². The molecular formula is C15H23BrN2O2. The average molecular weight is 343 g/mol. The molecular weight excluding hydrogens is 320 g/mol. The smallest absolute Gasteiger partial charge is 0.0635 e. The van der Waals surface area contributed by atoms with Crippen molar-refractivity contribution in [3.63, 3.8) is 0 Å². The lowest BCUT2D eigenvalue weighted by Crippen LogP contribution is -2.32. The van der Waals surface area contributed by atoms with Crippen molar-refractivity contribution >= 4 is 21.6 Å². The highest BCUT2D eigenvalue weighted by Gasteiger charge is 2.25. The van der Waals surface area contributed by atoms with Gasteiger partial charge in [0, 0.05) is 31.2 Å². The minimum atomic E-state index is 0.229. The summed E-state index contributed by atoms with van der Waals surface area (Å²) in [6.07, 6.45) is 2.22. The molecule has 1 aromatic carbocycles. The van der Waals surface area contributed by atoms with E-state index in [0.717, 1.165) is 43.6 Å². The van der Waals surface area contributed by atoms with Gasteiger partial charge >= 0.3 is 0 Å². The van der Waals surface area contributed by atoms with Crippen LogP contribution in [0.2, 0.25) is 0 Å². The van der Waals surface area contributed by atoms with Gasteiger partial charge in [-0.15, -0.1) is 0 Å². The van der Waals surface area contributed by atoms with E-state index in [1.54, 1.807) is 7.11 Å². The first-order valence-electron chi connectivity index (χ1n) is 7.12. The number of aliphatic hydroxyl groups excluding tert-OH is 1. The van der Waals surface area contributed by atoms with Crippen LogP contribution in [0, 0.1) is 0 Å². The highest BCUT2D eigenvalue weighted by Crippen LogP contribution is 2.32. The Kier molecular flexibility index (Phi) is 6.29. The van der Waals surface area contributed by atoms with Crippen LogP contribution in [0.25, 0.3) is 0 Å². The van der Waals surface area contributed by atoms with Crippen molar-refractivity contribution in [3.05, 3.63) is 28.2 Å². The van der Waals surface area contributed by atoms with Crippen LogP contribution in [0.4, 0.5) is 5.69 Å². The number of hydrogen-bond donors (Lipinski definition) is 2. The predicted molar refractivity (Wildman–Crippen MR) is 85.2 cm³/mol. The molecule has 20 heavy (non-hydrogen) atoms. The Labute approximate surface area is 129 Å². The monoisotopic (exact) mass is 342 g/mol. The summed E-state index contributed by atoms with van der Waals surface area (Å²) in [5, 5.41) is 12.8. The van der Waals surface area contributed by atoms with Gasteiger partial charge in [0.15, 0.2) is 0 Å². The Morgan fingerprint density at radius 1 is 1.50 bits per heavy atom. The molecule has 1 saturated heterocycles. The first-order valence-corrected chi connectivity index (χ1v) is 7.91. The van der Waals surface area contributed by atoms with E-state index in [1.165, 1.54) is 11.3 Å². The fourth-order valence-corrected chi connectivity index (χ4v) is 3.30. The fourth-order valence-electron chi connectivity index (χ4n) is 2.64. The number of nitrogens with zero attached hydrogens (tertiary/aromatic N) is 1. The Morgan fingerprint density at radius 3 is 3.05 bits per heavy atom. The molecule has 2 rings (SSSR count). The van der Waals surface area contributed by atoms with Crippen molar-refractivity contribution in [2.24, 2.45) is 0 Å².